The van der Waals surface area contributed by atoms with Crippen LogP contribution in [0.3, 0.4) is 0 Å². The van der Waals surface area contributed by atoms with Crippen LogP contribution in [0.25, 0.3) is 0 Å². The van der Waals surface area contributed by atoms with Crippen molar-refractivity contribution in [3.63, 3.8) is 0 Å². The van der Waals surface area contributed by atoms with Crippen molar-refractivity contribution in [3.05, 3.63) is 29.8 Å². The molecule has 1 aromatic carbocycles. The SMILES string of the molecule is CCCNC(=O)N1CCCN(S(=O)(=O)c2ccccc2C#N)CC1. The molecule has 7 nitrogen and oxygen atoms in total. The molecule has 0 aromatic heterocycles. The minimum absolute atomic E-state index is 0.0244. The maximum Gasteiger partial charge on any atom is 0.317 e. The standard InChI is InChI=1S/C16H22N4O3S/c1-2-8-18-16(21)19-9-5-10-20(12-11-19)24(22,23)15-7-4-3-6-14(15)13-17/h3-4,6-7H,2,5,8-12H2,1H3,(H,18,21). The van der Waals surface area contributed by atoms with E-state index in [0.29, 0.717) is 32.6 Å². The summed E-state index contributed by atoms with van der Waals surface area (Å²) in [7, 11) is -3.74. The maximum absolute atomic E-state index is 12.8. The highest BCUT2D eigenvalue weighted by Crippen LogP contribution is 2.21. The van der Waals surface area contributed by atoms with Crippen LogP contribution in [0.15, 0.2) is 29.2 Å². The molecule has 2 amide bonds. The van der Waals surface area contributed by atoms with Gasteiger partial charge >= 0.3 is 6.03 Å². The molecule has 0 spiro atoms. The number of urea groups is 1. The summed E-state index contributed by atoms with van der Waals surface area (Å²) < 4.78 is 27.0. The summed E-state index contributed by atoms with van der Waals surface area (Å²) in [4.78, 5) is 13.7. The van der Waals surface area contributed by atoms with Gasteiger partial charge in [0.05, 0.1) is 10.5 Å². The summed E-state index contributed by atoms with van der Waals surface area (Å²) in [6.45, 7) is 3.99. The van der Waals surface area contributed by atoms with E-state index in [2.05, 4.69) is 5.32 Å². The van der Waals surface area contributed by atoms with Crippen LogP contribution in [0.5, 0.6) is 0 Å². The molecule has 1 N–H and O–H groups in total. The van der Waals surface area contributed by atoms with Crippen LogP contribution in [-0.4, -0.2) is 56.4 Å². The predicted octanol–water partition coefficient (Wildman–Crippen LogP) is 1.37. The normalized spacial score (nSPS) is 16.2. The van der Waals surface area contributed by atoms with Crippen LogP contribution in [-0.2, 0) is 10.0 Å². The van der Waals surface area contributed by atoms with Gasteiger partial charge in [-0.3, -0.25) is 0 Å². The van der Waals surface area contributed by atoms with Crippen molar-refractivity contribution in [1.82, 2.24) is 14.5 Å². The highest BCUT2D eigenvalue weighted by atomic mass is 32.2. The van der Waals surface area contributed by atoms with E-state index >= 15 is 0 Å². The molecule has 0 bridgehead atoms. The summed E-state index contributed by atoms with van der Waals surface area (Å²) in [6.07, 6.45) is 1.42. The van der Waals surface area contributed by atoms with E-state index in [0.717, 1.165) is 6.42 Å². The third-order valence-corrected chi connectivity index (χ3v) is 5.85. The number of nitriles is 1. The van der Waals surface area contributed by atoms with Gasteiger partial charge in [-0.1, -0.05) is 19.1 Å². The molecule has 0 atom stereocenters. The third-order valence-electron chi connectivity index (χ3n) is 3.89. The van der Waals surface area contributed by atoms with Gasteiger partial charge in [-0.05, 0) is 25.0 Å². The highest BCUT2D eigenvalue weighted by molar-refractivity contribution is 7.89. The fourth-order valence-electron chi connectivity index (χ4n) is 2.60. The van der Waals surface area contributed by atoms with Gasteiger partial charge < -0.3 is 10.2 Å². The number of hydrogen-bond donors (Lipinski definition) is 1. The molecule has 1 aliphatic heterocycles. The number of nitrogens with zero attached hydrogens (tertiary/aromatic N) is 3. The summed E-state index contributed by atoms with van der Waals surface area (Å²) >= 11 is 0. The Hall–Kier alpha value is -2.11. The monoisotopic (exact) mass is 350 g/mol. The van der Waals surface area contributed by atoms with E-state index in [-0.39, 0.29) is 23.0 Å². The van der Waals surface area contributed by atoms with E-state index in [4.69, 9.17) is 5.26 Å². The van der Waals surface area contributed by atoms with Crippen LogP contribution in [0.1, 0.15) is 25.3 Å². The molecule has 0 saturated carbocycles. The molecule has 1 heterocycles. The number of carbonyl (C=O) groups is 1. The minimum Gasteiger partial charge on any atom is -0.338 e. The lowest BCUT2D eigenvalue weighted by Crippen LogP contribution is -2.42. The minimum atomic E-state index is -3.74. The van der Waals surface area contributed by atoms with E-state index in [9.17, 15) is 13.2 Å². The second kappa shape index (κ2) is 8.13. The van der Waals surface area contributed by atoms with E-state index in [1.165, 1.54) is 16.4 Å². The van der Waals surface area contributed by atoms with Gasteiger partial charge in [0.25, 0.3) is 0 Å². The molecular weight excluding hydrogens is 328 g/mol. The smallest absolute Gasteiger partial charge is 0.317 e. The summed E-state index contributed by atoms with van der Waals surface area (Å²) in [5.41, 5.74) is 0.138. The fourth-order valence-corrected chi connectivity index (χ4v) is 4.22. The van der Waals surface area contributed by atoms with Crippen molar-refractivity contribution >= 4 is 16.1 Å². The second-order valence-electron chi connectivity index (χ2n) is 5.58. The lowest BCUT2D eigenvalue weighted by molar-refractivity contribution is 0.200. The zero-order valence-corrected chi connectivity index (χ0v) is 14.6. The molecule has 1 aromatic rings. The summed E-state index contributed by atoms with van der Waals surface area (Å²) in [5.74, 6) is 0. The first-order valence-corrected chi connectivity index (χ1v) is 9.46. The molecule has 130 valence electrons. The molecule has 0 radical (unpaired) electrons. The molecular formula is C16H22N4O3S. The Balaban J connectivity index is 2.13. The Morgan fingerprint density at radius 2 is 2.00 bits per heavy atom. The molecule has 0 unspecified atom stereocenters. The Bertz CT molecular complexity index is 727. The summed E-state index contributed by atoms with van der Waals surface area (Å²) in [6, 6.07) is 7.96. The van der Waals surface area contributed by atoms with Crippen LogP contribution in [0.2, 0.25) is 0 Å². The number of rotatable bonds is 4. The first-order valence-electron chi connectivity index (χ1n) is 8.02. The van der Waals surface area contributed by atoms with Crippen molar-refractivity contribution in [1.29, 1.82) is 5.26 Å². The molecule has 2 rings (SSSR count). The number of nitrogens with one attached hydrogen (secondary N) is 1. The lowest BCUT2D eigenvalue weighted by Gasteiger charge is -2.22. The maximum atomic E-state index is 12.8. The van der Waals surface area contributed by atoms with Crippen molar-refractivity contribution in [2.75, 3.05) is 32.7 Å². The lowest BCUT2D eigenvalue weighted by atomic mass is 10.2. The van der Waals surface area contributed by atoms with Crippen molar-refractivity contribution in [2.45, 2.75) is 24.7 Å². The average molecular weight is 350 g/mol. The first kappa shape index (κ1) is 18.2. The third kappa shape index (κ3) is 4.04. The van der Waals surface area contributed by atoms with Gasteiger partial charge in [-0.2, -0.15) is 9.57 Å². The highest BCUT2D eigenvalue weighted by Gasteiger charge is 2.29. The number of amides is 2. The van der Waals surface area contributed by atoms with Crippen molar-refractivity contribution < 1.29 is 13.2 Å². The molecule has 24 heavy (non-hydrogen) atoms. The van der Waals surface area contributed by atoms with Gasteiger partial charge in [-0.25, -0.2) is 13.2 Å². The number of sulfonamides is 1. The zero-order valence-electron chi connectivity index (χ0n) is 13.7. The Morgan fingerprint density at radius 1 is 1.25 bits per heavy atom. The van der Waals surface area contributed by atoms with E-state index < -0.39 is 10.0 Å². The number of hydrogen-bond acceptors (Lipinski definition) is 4. The predicted molar refractivity (Wildman–Crippen MR) is 89.8 cm³/mol. The Morgan fingerprint density at radius 3 is 2.71 bits per heavy atom. The molecule has 0 aliphatic carbocycles. The van der Waals surface area contributed by atoms with Gasteiger partial charge in [0.15, 0.2) is 0 Å². The van der Waals surface area contributed by atoms with E-state index in [1.807, 2.05) is 13.0 Å². The molecule has 1 fully saturated rings. The fraction of sp³-hybridized carbons (Fsp3) is 0.500. The van der Waals surface area contributed by atoms with Crippen molar-refractivity contribution in [2.24, 2.45) is 0 Å². The average Bonchev–Trinajstić information content (AvgIpc) is 2.86. The number of benzene rings is 1. The Kier molecular flexibility index (Phi) is 6.17. The van der Waals surface area contributed by atoms with Gasteiger partial charge in [0, 0.05) is 32.7 Å². The molecule has 1 aliphatic rings. The zero-order chi connectivity index (χ0) is 17.6. The molecule has 8 heteroatoms. The Labute approximate surface area is 142 Å². The van der Waals surface area contributed by atoms with Gasteiger partial charge in [0.2, 0.25) is 10.0 Å². The largest absolute Gasteiger partial charge is 0.338 e. The van der Waals surface area contributed by atoms with Gasteiger partial charge in [0.1, 0.15) is 6.07 Å². The molecule has 1 saturated heterocycles. The van der Waals surface area contributed by atoms with Crippen LogP contribution < -0.4 is 5.32 Å². The summed E-state index contributed by atoms with van der Waals surface area (Å²) in [5, 5.41) is 11.9. The topological polar surface area (TPSA) is 93.5 Å². The van der Waals surface area contributed by atoms with Crippen molar-refractivity contribution in [3.8, 4) is 6.07 Å². The quantitative estimate of drug-likeness (QED) is 0.887. The van der Waals surface area contributed by atoms with E-state index in [1.54, 1.807) is 17.0 Å². The van der Waals surface area contributed by atoms with Crippen LogP contribution in [0, 0.1) is 11.3 Å². The van der Waals surface area contributed by atoms with Crippen LogP contribution in [0.4, 0.5) is 4.79 Å². The second-order valence-corrected chi connectivity index (χ2v) is 7.49. The van der Waals surface area contributed by atoms with Crippen LogP contribution >= 0.6 is 0 Å². The first-order chi connectivity index (χ1) is 11.5. The number of carbonyl (C=O) groups excluding carboxylic acids is 1. The van der Waals surface area contributed by atoms with Gasteiger partial charge in [-0.15, -0.1) is 0 Å².